The first-order valence-electron chi connectivity index (χ1n) is 8.77. The van der Waals surface area contributed by atoms with Crippen LogP contribution < -0.4 is 10.6 Å². The number of hydrogen-bond donors (Lipinski definition) is 2. The summed E-state index contributed by atoms with van der Waals surface area (Å²) < 4.78 is 42.5. The lowest BCUT2D eigenvalue weighted by atomic mass is 10.2. The van der Waals surface area contributed by atoms with E-state index in [0.717, 1.165) is 6.07 Å². The normalized spacial score (nSPS) is 11.1. The molecular formula is C19H17FN4O5S. The summed E-state index contributed by atoms with van der Waals surface area (Å²) in [5.74, 6) is -2.80. The summed E-state index contributed by atoms with van der Waals surface area (Å²) in [5, 5.41) is 8.49. The summed E-state index contributed by atoms with van der Waals surface area (Å²) >= 11 is 0. The Balaban J connectivity index is 1.49. The van der Waals surface area contributed by atoms with Crippen molar-refractivity contribution in [2.75, 3.05) is 13.1 Å². The average Bonchev–Trinajstić information content (AvgIpc) is 3.19. The lowest BCUT2D eigenvalue weighted by Crippen LogP contribution is -2.34. The highest BCUT2D eigenvalue weighted by molar-refractivity contribution is 7.90. The van der Waals surface area contributed by atoms with Gasteiger partial charge >= 0.3 is 11.8 Å². The van der Waals surface area contributed by atoms with E-state index >= 15 is 0 Å². The van der Waals surface area contributed by atoms with Crippen LogP contribution in [0.2, 0.25) is 0 Å². The quantitative estimate of drug-likeness (QED) is 0.514. The largest absolute Gasteiger partial charge is 0.350 e. The van der Waals surface area contributed by atoms with Crippen LogP contribution in [0.5, 0.6) is 0 Å². The second kappa shape index (κ2) is 9.27. The summed E-state index contributed by atoms with van der Waals surface area (Å²) in [5.41, 5.74) is 0.155. The maximum Gasteiger partial charge on any atom is 0.315 e. The van der Waals surface area contributed by atoms with E-state index in [1.54, 1.807) is 18.2 Å². The van der Waals surface area contributed by atoms with E-state index in [4.69, 9.17) is 4.52 Å². The van der Waals surface area contributed by atoms with Crippen molar-refractivity contribution in [2.45, 2.75) is 10.6 Å². The summed E-state index contributed by atoms with van der Waals surface area (Å²) in [4.78, 5) is 27.8. The van der Waals surface area contributed by atoms with Gasteiger partial charge < -0.3 is 15.2 Å². The minimum atomic E-state index is -3.68. The van der Waals surface area contributed by atoms with E-state index in [0.29, 0.717) is 0 Å². The van der Waals surface area contributed by atoms with Crippen LogP contribution in [-0.4, -0.2) is 43.5 Å². The Morgan fingerprint density at radius 3 is 2.37 bits per heavy atom. The maximum atomic E-state index is 13.1. The SMILES string of the molecule is O=C(NCCNC(=O)c1nc(CS(=O)(=O)c2ccccc2)no1)c1cccc(F)c1. The second-order valence-electron chi connectivity index (χ2n) is 6.11. The van der Waals surface area contributed by atoms with E-state index in [1.807, 2.05) is 0 Å². The predicted octanol–water partition coefficient (Wildman–Crippen LogP) is 1.34. The Kier molecular flexibility index (Phi) is 6.52. The van der Waals surface area contributed by atoms with Crippen LogP contribution in [0.1, 0.15) is 26.9 Å². The monoisotopic (exact) mass is 432 g/mol. The molecule has 0 unspecified atom stereocenters. The van der Waals surface area contributed by atoms with Gasteiger partial charge in [-0.15, -0.1) is 0 Å². The summed E-state index contributed by atoms with van der Waals surface area (Å²) in [6.07, 6.45) is 0. The molecule has 2 N–H and O–H groups in total. The Bertz CT molecular complexity index is 1150. The first-order chi connectivity index (χ1) is 14.3. The van der Waals surface area contributed by atoms with Crippen LogP contribution in [0.15, 0.2) is 64.0 Å². The van der Waals surface area contributed by atoms with Crippen molar-refractivity contribution in [1.29, 1.82) is 0 Å². The van der Waals surface area contributed by atoms with Gasteiger partial charge in [-0.25, -0.2) is 12.8 Å². The van der Waals surface area contributed by atoms with Gasteiger partial charge in [-0.3, -0.25) is 9.59 Å². The van der Waals surface area contributed by atoms with Crippen molar-refractivity contribution in [3.8, 4) is 0 Å². The minimum absolute atomic E-state index is 0.0416. The topological polar surface area (TPSA) is 131 Å². The van der Waals surface area contributed by atoms with Gasteiger partial charge in [0.15, 0.2) is 15.7 Å². The zero-order valence-electron chi connectivity index (χ0n) is 15.5. The molecular weight excluding hydrogens is 415 g/mol. The number of benzene rings is 2. The van der Waals surface area contributed by atoms with E-state index in [-0.39, 0.29) is 29.4 Å². The molecule has 156 valence electrons. The Morgan fingerprint density at radius 1 is 0.967 bits per heavy atom. The van der Waals surface area contributed by atoms with Crippen molar-refractivity contribution < 1.29 is 26.9 Å². The number of nitrogens with zero attached hydrogens (tertiary/aromatic N) is 2. The lowest BCUT2D eigenvalue weighted by molar-refractivity contribution is 0.0898. The number of sulfone groups is 1. The van der Waals surface area contributed by atoms with Gasteiger partial charge in [0.05, 0.1) is 4.90 Å². The Labute approximate surface area is 171 Å². The fraction of sp³-hybridized carbons (Fsp3) is 0.158. The molecule has 0 fully saturated rings. The smallest absolute Gasteiger partial charge is 0.315 e. The van der Waals surface area contributed by atoms with Gasteiger partial charge in [-0.1, -0.05) is 29.4 Å². The van der Waals surface area contributed by atoms with Crippen LogP contribution in [-0.2, 0) is 15.6 Å². The van der Waals surface area contributed by atoms with Gasteiger partial charge in [-0.2, -0.15) is 4.98 Å². The number of carbonyl (C=O) groups is 2. The molecule has 9 nitrogen and oxygen atoms in total. The fourth-order valence-corrected chi connectivity index (χ4v) is 3.64. The van der Waals surface area contributed by atoms with Crippen LogP contribution >= 0.6 is 0 Å². The molecule has 0 saturated carbocycles. The molecule has 0 aliphatic carbocycles. The van der Waals surface area contributed by atoms with Crippen molar-refractivity contribution in [3.05, 3.63) is 77.7 Å². The molecule has 0 saturated heterocycles. The molecule has 1 aromatic heterocycles. The number of hydrogen-bond acceptors (Lipinski definition) is 7. The van der Waals surface area contributed by atoms with Crippen LogP contribution in [0.25, 0.3) is 0 Å². The highest BCUT2D eigenvalue weighted by Crippen LogP contribution is 2.14. The molecule has 0 bridgehead atoms. The second-order valence-corrected chi connectivity index (χ2v) is 8.10. The van der Waals surface area contributed by atoms with Gasteiger partial charge in [0.2, 0.25) is 0 Å². The number of halogens is 1. The van der Waals surface area contributed by atoms with Crippen molar-refractivity contribution >= 4 is 21.7 Å². The summed E-state index contributed by atoms with van der Waals surface area (Å²) in [6.45, 7) is 0.115. The molecule has 3 rings (SSSR count). The average molecular weight is 432 g/mol. The molecule has 2 amide bonds. The van der Waals surface area contributed by atoms with Gasteiger partial charge in [0.1, 0.15) is 11.6 Å². The highest BCUT2D eigenvalue weighted by atomic mass is 32.2. The third-order valence-electron chi connectivity index (χ3n) is 3.87. The van der Waals surface area contributed by atoms with Crippen LogP contribution in [0.4, 0.5) is 4.39 Å². The molecule has 0 radical (unpaired) electrons. The van der Waals surface area contributed by atoms with E-state index in [1.165, 1.54) is 30.3 Å². The van der Waals surface area contributed by atoms with Gasteiger partial charge in [0.25, 0.3) is 5.91 Å². The van der Waals surface area contributed by atoms with Crippen molar-refractivity contribution in [1.82, 2.24) is 20.8 Å². The van der Waals surface area contributed by atoms with Crippen LogP contribution in [0.3, 0.4) is 0 Å². The van der Waals surface area contributed by atoms with E-state index < -0.39 is 39.1 Å². The van der Waals surface area contributed by atoms with Crippen molar-refractivity contribution in [3.63, 3.8) is 0 Å². The predicted molar refractivity (Wildman–Crippen MR) is 103 cm³/mol. The maximum absolute atomic E-state index is 13.1. The summed E-state index contributed by atoms with van der Waals surface area (Å²) in [6, 6.07) is 13.0. The molecule has 1 heterocycles. The molecule has 11 heteroatoms. The first kappa shape index (κ1) is 21.1. The number of nitrogens with one attached hydrogen (secondary N) is 2. The number of amides is 2. The Morgan fingerprint density at radius 2 is 1.67 bits per heavy atom. The third-order valence-corrected chi connectivity index (χ3v) is 5.50. The zero-order valence-corrected chi connectivity index (χ0v) is 16.4. The van der Waals surface area contributed by atoms with Gasteiger partial charge in [-0.05, 0) is 30.3 Å². The molecule has 30 heavy (non-hydrogen) atoms. The third kappa shape index (κ3) is 5.47. The first-order valence-corrected chi connectivity index (χ1v) is 10.4. The number of rotatable bonds is 8. The Hall–Kier alpha value is -3.60. The molecule has 0 atom stereocenters. The van der Waals surface area contributed by atoms with E-state index in [9.17, 15) is 22.4 Å². The molecule has 3 aromatic rings. The number of carbonyl (C=O) groups excluding carboxylic acids is 2. The molecule has 0 aliphatic heterocycles. The molecule has 2 aromatic carbocycles. The lowest BCUT2D eigenvalue weighted by Gasteiger charge is -2.05. The summed E-state index contributed by atoms with van der Waals surface area (Å²) in [7, 11) is -3.68. The highest BCUT2D eigenvalue weighted by Gasteiger charge is 2.21. The van der Waals surface area contributed by atoms with E-state index in [2.05, 4.69) is 20.8 Å². The number of aromatic nitrogens is 2. The molecule has 0 aliphatic rings. The van der Waals surface area contributed by atoms with Gasteiger partial charge in [0, 0.05) is 18.7 Å². The standard InChI is InChI=1S/C19H17FN4O5S/c20-14-6-4-5-13(11-14)17(25)21-9-10-22-18(26)19-23-16(24-29-19)12-30(27,28)15-7-2-1-3-8-15/h1-8,11H,9-10,12H2,(H,21,25)(H,22,26). The zero-order chi connectivity index (χ0) is 21.6. The minimum Gasteiger partial charge on any atom is -0.350 e. The fourth-order valence-electron chi connectivity index (χ4n) is 2.45. The van der Waals surface area contributed by atoms with Crippen molar-refractivity contribution in [2.24, 2.45) is 0 Å². The van der Waals surface area contributed by atoms with Crippen LogP contribution in [0, 0.1) is 5.82 Å². The molecule has 0 spiro atoms.